The Balaban J connectivity index is 1.80. The first kappa shape index (κ1) is 19.0. The fraction of sp³-hybridized carbons (Fsp3) is 0.818. The molecule has 0 aromatic rings. The summed E-state index contributed by atoms with van der Waals surface area (Å²) in [5.74, 6) is -1.63. The van der Waals surface area contributed by atoms with Crippen molar-refractivity contribution in [1.29, 1.82) is 0 Å². The fourth-order valence-electron chi connectivity index (χ4n) is 7.31. The molecule has 0 saturated heterocycles. The molecule has 150 valence electrons. The second-order valence-corrected chi connectivity index (χ2v) is 10.3. The molecule has 3 fully saturated rings. The van der Waals surface area contributed by atoms with Gasteiger partial charge in [0.15, 0.2) is 0 Å². The Hall–Kier alpha value is -1.36. The summed E-state index contributed by atoms with van der Waals surface area (Å²) < 4.78 is 11.2. The highest BCUT2D eigenvalue weighted by atomic mass is 16.7. The summed E-state index contributed by atoms with van der Waals surface area (Å²) in [5, 5.41) is 11.2. The molecule has 1 aliphatic heterocycles. The Labute approximate surface area is 161 Å². The molecule has 3 saturated carbocycles. The number of carbonyl (C=O) groups excluding carboxylic acids is 2. The van der Waals surface area contributed by atoms with E-state index in [0.717, 1.165) is 25.7 Å². The van der Waals surface area contributed by atoms with Gasteiger partial charge in [0.1, 0.15) is 6.10 Å². The Kier molecular flexibility index (Phi) is 4.09. The third-order valence-electron chi connectivity index (χ3n) is 8.36. The van der Waals surface area contributed by atoms with Crippen molar-refractivity contribution >= 4 is 11.9 Å². The fourth-order valence-corrected chi connectivity index (χ4v) is 7.31. The summed E-state index contributed by atoms with van der Waals surface area (Å²) in [4.78, 5) is 23.8. The highest BCUT2D eigenvalue weighted by molar-refractivity contribution is 5.86. The average Bonchev–Trinajstić information content (AvgIpc) is 2.83. The maximum absolute atomic E-state index is 11.9. The van der Waals surface area contributed by atoms with Crippen LogP contribution in [0.4, 0.5) is 0 Å². The van der Waals surface area contributed by atoms with Crippen molar-refractivity contribution in [1.82, 2.24) is 0 Å². The van der Waals surface area contributed by atoms with Crippen LogP contribution in [0.5, 0.6) is 0 Å². The number of ether oxygens (including phenoxy) is 2. The standard InChI is InChI=1S/C22H32O5/c1-12-14-9-18(24)27-22(14,25)11-15-19(12)16(26-13(2)23)10-17-20(3,4)7-6-8-21(15,17)5/h9,12,15-17,19,25H,6-8,10-11H2,1-5H3/t12-,15-,16-,17-,19-,21+,22+/m0/s1. The minimum Gasteiger partial charge on any atom is -0.462 e. The smallest absolute Gasteiger partial charge is 0.333 e. The lowest BCUT2D eigenvalue weighted by Crippen LogP contribution is -2.62. The zero-order valence-electron chi connectivity index (χ0n) is 17.1. The van der Waals surface area contributed by atoms with E-state index < -0.39 is 11.8 Å². The number of esters is 2. The van der Waals surface area contributed by atoms with Crippen LogP contribution < -0.4 is 0 Å². The molecule has 5 nitrogen and oxygen atoms in total. The van der Waals surface area contributed by atoms with Crippen LogP contribution in [0.15, 0.2) is 11.6 Å². The van der Waals surface area contributed by atoms with Crippen LogP contribution in [0.3, 0.4) is 0 Å². The van der Waals surface area contributed by atoms with E-state index in [-0.39, 0.29) is 40.7 Å². The average molecular weight is 376 g/mol. The number of rotatable bonds is 1. The molecule has 7 atom stereocenters. The summed E-state index contributed by atoms with van der Waals surface area (Å²) >= 11 is 0. The molecule has 0 aromatic heterocycles. The highest BCUT2D eigenvalue weighted by Gasteiger charge is 2.65. The van der Waals surface area contributed by atoms with Gasteiger partial charge in [-0.2, -0.15) is 0 Å². The number of fused-ring (bicyclic) bond motifs is 4. The van der Waals surface area contributed by atoms with Crippen LogP contribution >= 0.6 is 0 Å². The molecule has 1 N–H and O–H groups in total. The maximum Gasteiger partial charge on any atom is 0.333 e. The third-order valence-corrected chi connectivity index (χ3v) is 8.36. The number of aliphatic hydroxyl groups is 1. The molecule has 5 heteroatoms. The first-order valence-electron chi connectivity index (χ1n) is 10.3. The van der Waals surface area contributed by atoms with Crippen molar-refractivity contribution in [2.45, 2.75) is 78.6 Å². The van der Waals surface area contributed by atoms with Crippen LogP contribution in [-0.2, 0) is 19.1 Å². The van der Waals surface area contributed by atoms with Crippen LogP contribution in [0.2, 0.25) is 0 Å². The molecule has 0 aromatic carbocycles. The van der Waals surface area contributed by atoms with Crippen molar-refractivity contribution in [2.75, 3.05) is 0 Å². The molecule has 27 heavy (non-hydrogen) atoms. The molecular formula is C22H32O5. The van der Waals surface area contributed by atoms with E-state index in [1.165, 1.54) is 13.0 Å². The zero-order chi connectivity index (χ0) is 19.8. The van der Waals surface area contributed by atoms with Crippen LogP contribution in [0, 0.1) is 34.5 Å². The van der Waals surface area contributed by atoms with Gasteiger partial charge in [0.25, 0.3) is 0 Å². The van der Waals surface area contributed by atoms with Gasteiger partial charge in [-0.3, -0.25) is 4.79 Å². The summed E-state index contributed by atoms with van der Waals surface area (Å²) in [5.41, 5.74) is 0.848. The highest BCUT2D eigenvalue weighted by Crippen LogP contribution is 2.66. The van der Waals surface area contributed by atoms with Crippen molar-refractivity contribution < 1.29 is 24.2 Å². The Bertz CT molecular complexity index is 709. The van der Waals surface area contributed by atoms with E-state index in [9.17, 15) is 14.7 Å². The van der Waals surface area contributed by atoms with Crippen LogP contribution in [0.1, 0.15) is 66.7 Å². The maximum atomic E-state index is 11.9. The second-order valence-electron chi connectivity index (χ2n) is 10.3. The lowest BCUT2D eigenvalue weighted by atomic mass is 9.42. The third kappa shape index (κ3) is 2.68. The van der Waals surface area contributed by atoms with Gasteiger partial charge in [-0.15, -0.1) is 0 Å². The molecule has 0 spiro atoms. The molecule has 0 bridgehead atoms. The molecule has 0 radical (unpaired) electrons. The lowest BCUT2D eigenvalue weighted by Gasteiger charge is -2.64. The minimum absolute atomic E-state index is 0.0353. The van der Waals surface area contributed by atoms with E-state index >= 15 is 0 Å². The predicted octanol–water partition coefficient (Wildman–Crippen LogP) is 3.60. The monoisotopic (exact) mass is 376 g/mol. The second kappa shape index (κ2) is 5.82. The molecule has 3 aliphatic carbocycles. The molecule has 4 aliphatic rings. The van der Waals surface area contributed by atoms with Gasteiger partial charge in [0, 0.05) is 30.9 Å². The van der Waals surface area contributed by atoms with Crippen molar-refractivity contribution in [3.63, 3.8) is 0 Å². The van der Waals surface area contributed by atoms with Gasteiger partial charge in [0.2, 0.25) is 5.79 Å². The van der Waals surface area contributed by atoms with E-state index in [1.54, 1.807) is 0 Å². The summed E-state index contributed by atoms with van der Waals surface area (Å²) in [6.07, 6.45) is 5.96. The van der Waals surface area contributed by atoms with E-state index in [1.807, 2.05) is 6.92 Å². The predicted molar refractivity (Wildman–Crippen MR) is 99.3 cm³/mol. The largest absolute Gasteiger partial charge is 0.462 e. The quantitative estimate of drug-likeness (QED) is 0.708. The van der Waals surface area contributed by atoms with Crippen molar-refractivity contribution in [2.24, 2.45) is 34.5 Å². The van der Waals surface area contributed by atoms with Crippen molar-refractivity contribution in [3.8, 4) is 0 Å². The lowest BCUT2D eigenvalue weighted by molar-refractivity contribution is -0.237. The van der Waals surface area contributed by atoms with Gasteiger partial charge < -0.3 is 14.6 Å². The van der Waals surface area contributed by atoms with Gasteiger partial charge >= 0.3 is 11.9 Å². The summed E-state index contributed by atoms with van der Waals surface area (Å²) in [6.45, 7) is 10.5. The van der Waals surface area contributed by atoms with Crippen molar-refractivity contribution in [3.05, 3.63) is 11.6 Å². The van der Waals surface area contributed by atoms with Gasteiger partial charge in [-0.1, -0.05) is 34.1 Å². The Morgan fingerprint density at radius 2 is 2.00 bits per heavy atom. The van der Waals surface area contributed by atoms with E-state index in [4.69, 9.17) is 9.47 Å². The van der Waals surface area contributed by atoms with E-state index in [2.05, 4.69) is 20.8 Å². The Morgan fingerprint density at radius 1 is 1.30 bits per heavy atom. The van der Waals surface area contributed by atoms with E-state index in [0.29, 0.717) is 17.9 Å². The number of carbonyl (C=O) groups is 2. The normalized spacial score (nSPS) is 47.9. The summed E-state index contributed by atoms with van der Waals surface area (Å²) in [7, 11) is 0. The first-order chi connectivity index (χ1) is 12.5. The Morgan fingerprint density at radius 3 is 2.67 bits per heavy atom. The number of hydrogen-bond donors (Lipinski definition) is 1. The molecule has 1 heterocycles. The minimum atomic E-state index is -1.50. The van der Waals surface area contributed by atoms with Gasteiger partial charge in [0.05, 0.1) is 0 Å². The molecule has 4 rings (SSSR count). The first-order valence-corrected chi connectivity index (χ1v) is 10.3. The van der Waals surface area contributed by atoms with Crippen LogP contribution in [0.25, 0.3) is 0 Å². The number of hydrogen-bond acceptors (Lipinski definition) is 5. The SMILES string of the molecule is CC(=O)O[C@H]1C[C@H]2C(C)(C)CCC[C@]2(C)[C@H]2C[C@@]3(O)OC(=O)C=C3[C@H](C)[C@H]12. The molecular weight excluding hydrogens is 344 g/mol. The topological polar surface area (TPSA) is 72.8 Å². The van der Waals surface area contributed by atoms with Gasteiger partial charge in [-0.05, 0) is 47.8 Å². The van der Waals surface area contributed by atoms with Gasteiger partial charge in [-0.25, -0.2) is 4.79 Å². The summed E-state index contributed by atoms with van der Waals surface area (Å²) in [6, 6.07) is 0. The zero-order valence-corrected chi connectivity index (χ0v) is 17.1. The van der Waals surface area contributed by atoms with Crippen LogP contribution in [-0.4, -0.2) is 28.9 Å². The molecule has 0 unspecified atom stereocenters. The molecule has 0 amide bonds.